The van der Waals surface area contributed by atoms with Crippen LogP contribution < -0.4 is 21.1 Å². The Morgan fingerprint density at radius 2 is 2.05 bits per heavy atom. The zero-order chi connectivity index (χ0) is 27.5. The Balaban J connectivity index is 1.37. The molecule has 0 saturated carbocycles. The van der Waals surface area contributed by atoms with Gasteiger partial charge in [0.15, 0.2) is 11.6 Å². The maximum atomic E-state index is 15.2. The second kappa shape index (κ2) is 11.8. The molecule has 1 aromatic carbocycles. The van der Waals surface area contributed by atoms with Crippen molar-refractivity contribution in [2.24, 2.45) is 13.0 Å². The Labute approximate surface area is 230 Å². The number of nitrogens with zero attached hydrogens (tertiary/aromatic N) is 7. The van der Waals surface area contributed by atoms with E-state index in [4.69, 9.17) is 16.3 Å². The molecule has 0 unspecified atom stereocenters. The quantitative estimate of drug-likeness (QED) is 0.358. The molecule has 0 amide bonds. The van der Waals surface area contributed by atoms with E-state index in [9.17, 15) is 9.90 Å². The van der Waals surface area contributed by atoms with Gasteiger partial charge in [0.05, 0.1) is 18.0 Å². The van der Waals surface area contributed by atoms with Gasteiger partial charge in [0.2, 0.25) is 5.95 Å². The van der Waals surface area contributed by atoms with Crippen molar-refractivity contribution < 1.29 is 14.2 Å². The van der Waals surface area contributed by atoms with Gasteiger partial charge in [-0.2, -0.15) is 14.3 Å². The Bertz CT molecular complexity index is 1360. The predicted octanol–water partition coefficient (Wildman–Crippen LogP) is 2.73. The van der Waals surface area contributed by atoms with E-state index < -0.39 is 17.6 Å². The molecule has 3 atom stereocenters. The normalized spacial score (nSPS) is 20.3. The summed E-state index contributed by atoms with van der Waals surface area (Å²) in [4.78, 5) is 23.8. The molecule has 2 fully saturated rings. The minimum Gasteiger partial charge on any atom is -0.489 e. The fourth-order valence-electron chi connectivity index (χ4n) is 5.31. The van der Waals surface area contributed by atoms with Crippen LogP contribution in [-0.4, -0.2) is 78.2 Å². The van der Waals surface area contributed by atoms with Crippen molar-refractivity contribution in [3.05, 3.63) is 39.7 Å². The number of piperidine rings is 2. The lowest BCUT2D eigenvalue weighted by molar-refractivity contribution is 0.0649. The number of anilines is 3. The molecule has 2 saturated heterocycles. The van der Waals surface area contributed by atoms with Crippen LogP contribution in [-0.2, 0) is 7.05 Å². The van der Waals surface area contributed by atoms with E-state index in [0.717, 1.165) is 28.4 Å². The van der Waals surface area contributed by atoms with Crippen molar-refractivity contribution in [3.63, 3.8) is 0 Å². The molecule has 2 aliphatic heterocycles. The SMILES string of the molecule is C[C@H](O)COc1cc(F)c(Nc2ncc(Cl)c(NC[C@@H]3CCCN4CCCC[C@H]34)n2)cc1-n1nnn(C)c1=O. The lowest BCUT2D eigenvalue weighted by atomic mass is 9.83. The monoisotopic (exact) mass is 561 g/mol. The first kappa shape index (κ1) is 27.3. The van der Waals surface area contributed by atoms with E-state index in [1.54, 1.807) is 0 Å². The highest BCUT2D eigenvalue weighted by atomic mass is 35.5. The number of tetrazole rings is 1. The number of aryl methyl sites for hydroxylation is 1. The van der Waals surface area contributed by atoms with Gasteiger partial charge >= 0.3 is 5.69 Å². The molecule has 39 heavy (non-hydrogen) atoms. The molecule has 3 aromatic rings. The van der Waals surface area contributed by atoms with Crippen LogP contribution in [0.4, 0.5) is 21.8 Å². The average Bonchev–Trinajstić information content (AvgIpc) is 3.26. The third-order valence-corrected chi connectivity index (χ3v) is 7.51. The van der Waals surface area contributed by atoms with Crippen LogP contribution in [0, 0.1) is 11.7 Å². The number of hydrogen-bond donors (Lipinski definition) is 3. The van der Waals surface area contributed by atoms with Gasteiger partial charge in [-0.05, 0) is 68.1 Å². The summed E-state index contributed by atoms with van der Waals surface area (Å²) < 4.78 is 22.7. The number of rotatable bonds is 9. The summed E-state index contributed by atoms with van der Waals surface area (Å²) >= 11 is 6.40. The highest BCUT2D eigenvalue weighted by Gasteiger charge is 2.32. The van der Waals surface area contributed by atoms with Crippen molar-refractivity contribution in [2.75, 3.05) is 36.9 Å². The Kier molecular flexibility index (Phi) is 8.29. The number of aromatic nitrogens is 6. The number of benzene rings is 1. The topological polar surface area (TPSA) is 135 Å². The molecule has 5 rings (SSSR count). The first-order chi connectivity index (χ1) is 18.8. The van der Waals surface area contributed by atoms with Gasteiger partial charge in [-0.3, -0.25) is 0 Å². The van der Waals surface area contributed by atoms with Gasteiger partial charge in [0, 0.05) is 25.7 Å². The number of aliphatic hydroxyl groups is 1. The number of aliphatic hydroxyl groups excluding tert-OH is 1. The molecular weight excluding hydrogens is 529 g/mol. The van der Waals surface area contributed by atoms with E-state index in [0.29, 0.717) is 22.8 Å². The summed E-state index contributed by atoms with van der Waals surface area (Å²) in [6, 6.07) is 3.03. The molecule has 0 aliphatic carbocycles. The minimum atomic E-state index is -0.805. The van der Waals surface area contributed by atoms with Gasteiger partial charge in [-0.1, -0.05) is 18.0 Å². The smallest absolute Gasteiger partial charge is 0.368 e. The summed E-state index contributed by atoms with van der Waals surface area (Å²) in [5, 5.41) is 23.8. The van der Waals surface area contributed by atoms with E-state index in [2.05, 4.69) is 35.9 Å². The molecular formula is C25H33ClFN9O3. The maximum Gasteiger partial charge on any atom is 0.368 e. The second-order valence-corrected chi connectivity index (χ2v) is 10.6. The number of ether oxygens (including phenoxy) is 1. The molecule has 210 valence electrons. The fourth-order valence-corrected chi connectivity index (χ4v) is 5.47. The van der Waals surface area contributed by atoms with Crippen LogP contribution in [0.1, 0.15) is 39.0 Å². The molecule has 3 N–H and O–H groups in total. The average molecular weight is 562 g/mol. The molecule has 0 bridgehead atoms. The Morgan fingerprint density at radius 1 is 1.23 bits per heavy atom. The Hall–Kier alpha value is -3.29. The third-order valence-electron chi connectivity index (χ3n) is 7.23. The zero-order valence-electron chi connectivity index (χ0n) is 22.0. The summed E-state index contributed by atoms with van der Waals surface area (Å²) in [5.41, 5.74) is -0.424. The van der Waals surface area contributed by atoms with Crippen LogP contribution in [0.2, 0.25) is 5.02 Å². The van der Waals surface area contributed by atoms with E-state index in [1.165, 1.54) is 65.0 Å². The molecule has 4 heterocycles. The standard InChI is InChI=1S/C25H33ClFN9O3/c1-15(37)14-39-22-10-18(27)19(11-21(22)36-25(38)34(2)32-33-36)30-24-29-13-17(26)23(31-24)28-12-16-6-5-9-35-8-4-3-7-20(16)35/h10-11,13,15-16,20,37H,3-9,12,14H2,1-2H3,(H2,28,29,30,31)/t15-,16-,20+/m0/s1. The summed E-state index contributed by atoms with van der Waals surface area (Å²) in [7, 11) is 1.44. The van der Waals surface area contributed by atoms with Crippen LogP contribution >= 0.6 is 11.6 Å². The van der Waals surface area contributed by atoms with E-state index in [-0.39, 0.29) is 29.7 Å². The summed E-state index contributed by atoms with van der Waals surface area (Å²) in [6.07, 6.45) is 6.73. The molecule has 2 aromatic heterocycles. The van der Waals surface area contributed by atoms with Crippen molar-refractivity contribution in [1.82, 2.24) is 34.7 Å². The molecule has 0 radical (unpaired) electrons. The first-order valence-electron chi connectivity index (χ1n) is 13.2. The molecule has 2 aliphatic rings. The maximum absolute atomic E-state index is 15.2. The van der Waals surface area contributed by atoms with Gasteiger partial charge in [-0.15, -0.1) is 0 Å². The first-order valence-corrected chi connectivity index (χ1v) is 13.6. The highest BCUT2D eigenvalue weighted by molar-refractivity contribution is 6.32. The predicted molar refractivity (Wildman–Crippen MR) is 144 cm³/mol. The van der Waals surface area contributed by atoms with Gasteiger partial charge in [0.25, 0.3) is 0 Å². The van der Waals surface area contributed by atoms with Crippen LogP contribution in [0.25, 0.3) is 5.69 Å². The van der Waals surface area contributed by atoms with E-state index in [1.807, 2.05) is 0 Å². The number of hydrogen-bond acceptors (Lipinski definition) is 10. The lowest BCUT2D eigenvalue weighted by Gasteiger charge is -2.44. The largest absolute Gasteiger partial charge is 0.489 e. The van der Waals surface area contributed by atoms with Crippen molar-refractivity contribution >= 4 is 29.1 Å². The minimum absolute atomic E-state index is 0.00893. The van der Waals surface area contributed by atoms with E-state index >= 15 is 4.39 Å². The Morgan fingerprint density at radius 3 is 2.82 bits per heavy atom. The van der Waals surface area contributed by atoms with Crippen molar-refractivity contribution in [1.29, 1.82) is 0 Å². The van der Waals surface area contributed by atoms with Crippen LogP contribution in [0.3, 0.4) is 0 Å². The zero-order valence-corrected chi connectivity index (χ0v) is 22.7. The highest BCUT2D eigenvalue weighted by Crippen LogP contribution is 2.33. The number of halogens is 2. The van der Waals surface area contributed by atoms with Crippen LogP contribution in [0.5, 0.6) is 5.75 Å². The van der Waals surface area contributed by atoms with Gasteiger partial charge < -0.3 is 25.4 Å². The van der Waals surface area contributed by atoms with Crippen LogP contribution in [0.15, 0.2) is 23.1 Å². The lowest BCUT2D eigenvalue weighted by Crippen LogP contribution is -2.49. The van der Waals surface area contributed by atoms with Crippen molar-refractivity contribution in [3.8, 4) is 11.4 Å². The summed E-state index contributed by atoms with van der Waals surface area (Å²) in [5.74, 6) is 0.429. The molecule has 0 spiro atoms. The molecule has 14 heteroatoms. The number of fused-ring (bicyclic) bond motifs is 1. The van der Waals surface area contributed by atoms with Gasteiger partial charge in [-0.25, -0.2) is 14.2 Å². The molecule has 12 nitrogen and oxygen atoms in total. The summed E-state index contributed by atoms with van der Waals surface area (Å²) in [6.45, 7) is 4.49. The second-order valence-electron chi connectivity index (χ2n) is 10.2. The van der Waals surface area contributed by atoms with Gasteiger partial charge in [0.1, 0.15) is 23.1 Å². The van der Waals surface area contributed by atoms with Crippen molar-refractivity contribution in [2.45, 2.75) is 51.2 Å². The fraction of sp³-hybridized carbons (Fsp3) is 0.560. The number of nitrogens with one attached hydrogen (secondary N) is 2. The third kappa shape index (κ3) is 6.15.